The number of hydrogen-bond acceptors (Lipinski definition) is 3. The monoisotopic (exact) mass is 304 g/mol. The molecule has 0 atom stereocenters. The first-order valence-electron chi connectivity index (χ1n) is 8.05. The van der Waals surface area contributed by atoms with Gasteiger partial charge in [0.1, 0.15) is 5.75 Å². The highest BCUT2D eigenvalue weighted by molar-refractivity contribution is 5.81. The fraction of sp³-hybridized carbons (Fsp3) is 0.611. The van der Waals surface area contributed by atoms with Crippen LogP contribution in [0.5, 0.6) is 5.75 Å². The smallest absolute Gasteiger partial charge is 0.228 e. The van der Waals surface area contributed by atoms with Crippen molar-refractivity contribution in [3.05, 3.63) is 29.8 Å². The van der Waals surface area contributed by atoms with Crippen molar-refractivity contribution in [2.24, 2.45) is 5.41 Å². The molecule has 0 radical (unpaired) electrons. The highest BCUT2D eigenvalue weighted by atomic mass is 16.5. The van der Waals surface area contributed by atoms with Crippen LogP contribution in [-0.2, 0) is 11.2 Å². The second-order valence-electron chi connectivity index (χ2n) is 6.95. The molecule has 22 heavy (non-hydrogen) atoms. The van der Waals surface area contributed by atoms with Gasteiger partial charge in [-0.3, -0.25) is 9.69 Å². The fourth-order valence-electron chi connectivity index (χ4n) is 2.84. The molecule has 2 rings (SSSR count). The topological polar surface area (TPSA) is 32.8 Å². The third-order valence-corrected chi connectivity index (χ3v) is 4.19. The van der Waals surface area contributed by atoms with Crippen LogP contribution in [0.4, 0.5) is 0 Å². The van der Waals surface area contributed by atoms with E-state index in [0.29, 0.717) is 0 Å². The summed E-state index contributed by atoms with van der Waals surface area (Å²) < 4.78 is 5.40. The quantitative estimate of drug-likeness (QED) is 0.856. The van der Waals surface area contributed by atoms with Crippen LogP contribution >= 0.6 is 0 Å². The van der Waals surface area contributed by atoms with Gasteiger partial charge >= 0.3 is 0 Å². The number of piperazine rings is 1. The number of benzene rings is 1. The molecule has 1 heterocycles. The maximum atomic E-state index is 12.3. The fourth-order valence-corrected chi connectivity index (χ4v) is 2.84. The average molecular weight is 304 g/mol. The van der Waals surface area contributed by atoms with E-state index >= 15 is 0 Å². The summed E-state index contributed by atoms with van der Waals surface area (Å²) in [7, 11) is 1.72. The molecule has 0 unspecified atom stereocenters. The van der Waals surface area contributed by atoms with E-state index in [2.05, 4.69) is 17.0 Å². The van der Waals surface area contributed by atoms with Crippen molar-refractivity contribution >= 4 is 5.91 Å². The minimum atomic E-state index is -0.278. The molecule has 1 aliphatic heterocycles. The van der Waals surface area contributed by atoms with E-state index in [0.717, 1.165) is 44.9 Å². The van der Waals surface area contributed by atoms with Crippen molar-refractivity contribution in [3.8, 4) is 5.75 Å². The Morgan fingerprint density at radius 3 is 2.36 bits per heavy atom. The number of ether oxygens (including phenoxy) is 1. The predicted octanol–water partition coefficient (Wildman–Crippen LogP) is 2.43. The highest BCUT2D eigenvalue weighted by Crippen LogP contribution is 2.20. The second kappa shape index (κ2) is 7.14. The summed E-state index contributed by atoms with van der Waals surface area (Å²) in [6, 6.07) is 8.19. The zero-order valence-electron chi connectivity index (χ0n) is 14.3. The van der Waals surface area contributed by atoms with E-state index in [-0.39, 0.29) is 11.3 Å². The zero-order valence-corrected chi connectivity index (χ0v) is 14.3. The Morgan fingerprint density at radius 1 is 1.14 bits per heavy atom. The van der Waals surface area contributed by atoms with Crippen molar-refractivity contribution in [2.75, 3.05) is 39.8 Å². The summed E-state index contributed by atoms with van der Waals surface area (Å²) in [6.07, 6.45) is 0.983. The number of carbonyl (C=O) groups is 1. The van der Waals surface area contributed by atoms with E-state index in [4.69, 9.17) is 4.74 Å². The maximum Gasteiger partial charge on any atom is 0.228 e. The van der Waals surface area contributed by atoms with Gasteiger partial charge in [0.05, 0.1) is 7.11 Å². The summed E-state index contributed by atoms with van der Waals surface area (Å²) in [4.78, 5) is 16.7. The lowest BCUT2D eigenvalue weighted by atomic mass is 9.94. The van der Waals surface area contributed by atoms with Gasteiger partial charge < -0.3 is 9.64 Å². The van der Waals surface area contributed by atoms with Crippen molar-refractivity contribution in [1.82, 2.24) is 9.80 Å². The van der Waals surface area contributed by atoms with E-state index < -0.39 is 0 Å². The summed E-state index contributed by atoms with van der Waals surface area (Å²) in [5, 5.41) is 0. The molecule has 4 heteroatoms. The van der Waals surface area contributed by atoms with Crippen molar-refractivity contribution in [1.29, 1.82) is 0 Å². The first kappa shape index (κ1) is 16.8. The van der Waals surface area contributed by atoms with E-state index in [1.165, 1.54) is 5.56 Å². The number of carbonyl (C=O) groups excluding carboxylic acids is 1. The first-order valence-corrected chi connectivity index (χ1v) is 8.05. The van der Waals surface area contributed by atoms with Crippen LogP contribution in [0.2, 0.25) is 0 Å². The Balaban J connectivity index is 1.82. The molecule has 1 aromatic rings. The normalized spacial score (nSPS) is 16.6. The van der Waals surface area contributed by atoms with Crippen LogP contribution in [0.15, 0.2) is 24.3 Å². The number of amides is 1. The van der Waals surface area contributed by atoms with Crippen LogP contribution in [0.25, 0.3) is 0 Å². The average Bonchev–Trinajstić information content (AvgIpc) is 2.52. The summed E-state index contributed by atoms with van der Waals surface area (Å²) >= 11 is 0. The number of nitrogens with zero attached hydrogens (tertiary/aromatic N) is 2. The molecule has 1 aromatic carbocycles. The van der Waals surface area contributed by atoms with Crippen LogP contribution < -0.4 is 4.74 Å². The van der Waals surface area contributed by atoms with Crippen molar-refractivity contribution in [3.63, 3.8) is 0 Å². The first-order chi connectivity index (χ1) is 10.4. The van der Waals surface area contributed by atoms with E-state index in [1.54, 1.807) is 7.11 Å². The molecule has 1 amide bonds. The number of hydrogen-bond donors (Lipinski definition) is 0. The molecule has 0 aromatic heterocycles. The van der Waals surface area contributed by atoms with Gasteiger partial charge in [-0.25, -0.2) is 0 Å². The van der Waals surface area contributed by atoms with Gasteiger partial charge in [0.25, 0.3) is 0 Å². The van der Waals surface area contributed by atoms with E-state index in [9.17, 15) is 4.79 Å². The minimum absolute atomic E-state index is 0.261. The highest BCUT2D eigenvalue weighted by Gasteiger charge is 2.29. The molecule has 0 N–H and O–H groups in total. The number of methoxy groups -OCH3 is 1. The molecular weight excluding hydrogens is 276 g/mol. The summed E-state index contributed by atoms with van der Waals surface area (Å²) in [5.41, 5.74) is 0.970. The van der Waals surface area contributed by atoms with E-state index in [1.807, 2.05) is 37.8 Å². The Labute approximate surface area is 134 Å². The summed E-state index contributed by atoms with van der Waals surface area (Å²) in [6.45, 7) is 10.6. The van der Waals surface area contributed by atoms with Crippen molar-refractivity contribution in [2.45, 2.75) is 27.2 Å². The zero-order chi connectivity index (χ0) is 16.2. The van der Waals surface area contributed by atoms with Gasteiger partial charge in [-0.05, 0) is 18.1 Å². The molecule has 122 valence electrons. The Hall–Kier alpha value is -1.55. The number of para-hydroxylation sites is 1. The third kappa shape index (κ3) is 4.23. The van der Waals surface area contributed by atoms with Gasteiger partial charge in [-0.15, -0.1) is 0 Å². The lowest BCUT2D eigenvalue weighted by molar-refractivity contribution is -0.141. The SMILES string of the molecule is COc1ccccc1CCN1CCN(C(=O)C(C)(C)C)CC1. The lowest BCUT2D eigenvalue weighted by Gasteiger charge is -2.37. The van der Waals surface area contributed by atoms with Crippen LogP contribution in [0.1, 0.15) is 26.3 Å². The molecule has 0 saturated carbocycles. The molecule has 0 aliphatic carbocycles. The lowest BCUT2D eigenvalue weighted by Crippen LogP contribution is -2.51. The molecule has 4 nitrogen and oxygen atoms in total. The van der Waals surface area contributed by atoms with Gasteiger partial charge in [-0.1, -0.05) is 39.0 Å². The predicted molar refractivity (Wildman–Crippen MR) is 89.2 cm³/mol. The molecule has 1 fully saturated rings. The molecule has 1 saturated heterocycles. The van der Waals surface area contributed by atoms with Crippen LogP contribution in [0, 0.1) is 5.41 Å². The van der Waals surface area contributed by atoms with Crippen molar-refractivity contribution < 1.29 is 9.53 Å². The standard InChI is InChI=1S/C18H28N2O2/c1-18(2,3)17(21)20-13-11-19(12-14-20)10-9-15-7-5-6-8-16(15)22-4/h5-8H,9-14H2,1-4H3. The molecular formula is C18H28N2O2. The van der Waals surface area contributed by atoms with Gasteiger partial charge in [0.15, 0.2) is 0 Å². The molecule has 1 aliphatic rings. The Kier molecular flexibility index (Phi) is 5.46. The van der Waals surface area contributed by atoms with Crippen LogP contribution in [0.3, 0.4) is 0 Å². The van der Waals surface area contributed by atoms with Gasteiger partial charge in [-0.2, -0.15) is 0 Å². The largest absolute Gasteiger partial charge is 0.496 e. The number of rotatable bonds is 4. The Bertz CT molecular complexity index is 500. The molecule has 0 spiro atoms. The maximum absolute atomic E-state index is 12.3. The minimum Gasteiger partial charge on any atom is -0.496 e. The van der Waals surface area contributed by atoms with Gasteiger partial charge in [0, 0.05) is 38.1 Å². The second-order valence-corrected chi connectivity index (χ2v) is 6.95. The molecule has 0 bridgehead atoms. The third-order valence-electron chi connectivity index (χ3n) is 4.19. The Morgan fingerprint density at radius 2 is 1.77 bits per heavy atom. The summed E-state index contributed by atoms with van der Waals surface area (Å²) in [5.74, 6) is 1.22. The van der Waals surface area contributed by atoms with Crippen LogP contribution in [-0.4, -0.2) is 55.5 Å². The van der Waals surface area contributed by atoms with Gasteiger partial charge in [0.2, 0.25) is 5.91 Å².